The van der Waals surface area contributed by atoms with Gasteiger partial charge in [-0.1, -0.05) is 41.0 Å². The molecule has 9 fully saturated rings. The largest absolute Gasteiger partial charge is 0.463 e. The van der Waals surface area contributed by atoms with Crippen LogP contribution in [0.25, 0.3) is 0 Å². The number of ether oxygens (including phenoxy) is 5. The smallest absolute Gasteiger partial charge is 0.309 e. The summed E-state index contributed by atoms with van der Waals surface area (Å²) in [5, 5.41) is 12.5. The van der Waals surface area contributed by atoms with Gasteiger partial charge in [-0.05, 0) is 110 Å². The fraction of sp³-hybridized carbons (Fsp3) is 0.974. The second-order valence-corrected chi connectivity index (χ2v) is 19.0. The molecule has 6 saturated carbocycles. The van der Waals surface area contributed by atoms with E-state index in [0.29, 0.717) is 47.2 Å². The van der Waals surface area contributed by atoms with Gasteiger partial charge in [-0.25, -0.2) is 0 Å². The van der Waals surface area contributed by atoms with Crippen molar-refractivity contribution in [2.24, 2.45) is 56.7 Å². The molecular weight excluding hydrogens is 594 g/mol. The molecule has 6 aliphatic carbocycles. The summed E-state index contributed by atoms with van der Waals surface area (Å²) in [6.07, 6.45) is 11.8. The van der Waals surface area contributed by atoms with Gasteiger partial charge in [0.2, 0.25) is 0 Å². The number of aliphatic hydroxyl groups excluding tert-OH is 1. The lowest BCUT2D eigenvalue weighted by Gasteiger charge is -2.64. The van der Waals surface area contributed by atoms with Crippen LogP contribution in [0.1, 0.15) is 105 Å². The third-order valence-electron chi connectivity index (χ3n) is 17.2. The van der Waals surface area contributed by atoms with Crippen LogP contribution in [0.5, 0.6) is 0 Å². The molecule has 0 aromatic rings. The third kappa shape index (κ3) is 4.30. The Hall–Kier alpha value is -0.770. The zero-order valence-electron chi connectivity index (χ0n) is 29.7. The fourth-order valence-corrected chi connectivity index (χ4v) is 14.3. The quantitative estimate of drug-likeness (QED) is 0.371. The molecule has 2 spiro atoms. The van der Waals surface area contributed by atoms with E-state index in [9.17, 15) is 9.90 Å². The Balaban J connectivity index is 0.918. The molecule has 0 aromatic carbocycles. The number of nitrogens with zero attached hydrogens (tertiary/aromatic N) is 1. The molecule has 264 valence electrons. The first kappa shape index (κ1) is 32.2. The van der Waals surface area contributed by atoms with E-state index in [1.54, 1.807) is 0 Å². The van der Waals surface area contributed by atoms with Crippen LogP contribution < -0.4 is 0 Å². The first-order valence-electron chi connectivity index (χ1n) is 19.5. The highest BCUT2D eigenvalue weighted by Gasteiger charge is 2.84. The lowest BCUT2D eigenvalue weighted by molar-refractivity contribution is -0.256. The van der Waals surface area contributed by atoms with Gasteiger partial charge in [0, 0.05) is 12.0 Å². The summed E-state index contributed by atoms with van der Waals surface area (Å²) in [6, 6.07) is 0.524. The molecule has 0 radical (unpaired) electrons. The Labute approximate surface area is 282 Å². The van der Waals surface area contributed by atoms with Gasteiger partial charge in [0.1, 0.15) is 6.61 Å². The first-order chi connectivity index (χ1) is 22.4. The van der Waals surface area contributed by atoms with Crippen molar-refractivity contribution in [3.63, 3.8) is 0 Å². The second kappa shape index (κ2) is 10.9. The van der Waals surface area contributed by atoms with Gasteiger partial charge in [-0.15, -0.1) is 0 Å². The van der Waals surface area contributed by atoms with Crippen molar-refractivity contribution in [3.8, 4) is 0 Å². The molecule has 3 heterocycles. The number of morpholine rings is 1. The Morgan fingerprint density at radius 2 is 1.74 bits per heavy atom. The monoisotopic (exact) mass is 655 g/mol. The normalized spacial score (nSPS) is 53.7. The zero-order chi connectivity index (χ0) is 32.6. The number of hydrogen-bond acceptors (Lipinski definition) is 8. The van der Waals surface area contributed by atoms with E-state index in [4.69, 9.17) is 23.7 Å². The number of hydrogen-bond donors (Lipinski definition) is 1. The molecule has 1 N–H and O–H groups in total. The highest BCUT2D eigenvalue weighted by molar-refractivity contribution is 5.73. The van der Waals surface area contributed by atoms with Crippen molar-refractivity contribution in [1.29, 1.82) is 0 Å². The lowest BCUT2D eigenvalue weighted by Crippen LogP contribution is -2.60. The van der Waals surface area contributed by atoms with E-state index < -0.39 is 6.10 Å². The molecule has 8 nitrogen and oxygen atoms in total. The summed E-state index contributed by atoms with van der Waals surface area (Å²) in [7, 11) is 0. The topological polar surface area (TPSA) is 86.7 Å². The number of carbonyl (C=O) groups is 1. The molecular formula is C39H61NO7. The van der Waals surface area contributed by atoms with Gasteiger partial charge in [0.25, 0.3) is 0 Å². The van der Waals surface area contributed by atoms with Crippen LogP contribution in [0, 0.1) is 56.7 Å². The highest BCUT2D eigenvalue weighted by atomic mass is 16.7. The van der Waals surface area contributed by atoms with Crippen LogP contribution in [0.15, 0.2) is 0 Å². The maximum absolute atomic E-state index is 12.5. The molecule has 9 rings (SSSR count). The average Bonchev–Trinajstić information content (AvgIpc) is 3.61. The number of fused-ring (bicyclic) bond motifs is 4. The van der Waals surface area contributed by atoms with Gasteiger partial charge in [0.15, 0.2) is 6.29 Å². The summed E-state index contributed by atoms with van der Waals surface area (Å²) >= 11 is 0. The molecule has 13 atom stereocenters. The van der Waals surface area contributed by atoms with Crippen LogP contribution in [-0.2, 0) is 28.5 Å². The van der Waals surface area contributed by atoms with E-state index in [-0.39, 0.29) is 52.7 Å². The summed E-state index contributed by atoms with van der Waals surface area (Å²) in [4.78, 5) is 15.0. The molecule has 0 bridgehead atoms. The molecule has 3 saturated heterocycles. The summed E-state index contributed by atoms with van der Waals surface area (Å²) in [5.74, 6) is 1.97. The minimum absolute atomic E-state index is 0.0438. The average molecular weight is 656 g/mol. The van der Waals surface area contributed by atoms with Gasteiger partial charge in [0.05, 0.1) is 62.7 Å². The zero-order valence-corrected chi connectivity index (χ0v) is 29.7. The Morgan fingerprint density at radius 3 is 2.47 bits per heavy atom. The van der Waals surface area contributed by atoms with Crippen molar-refractivity contribution in [2.45, 2.75) is 142 Å². The van der Waals surface area contributed by atoms with Crippen molar-refractivity contribution >= 4 is 5.97 Å². The molecule has 13 unspecified atom stereocenters. The molecule has 8 heteroatoms. The van der Waals surface area contributed by atoms with E-state index in [1.807, 2.05) is 0 Å². The van der Waals surface area contributed by atoms with E-state index in [0.717, 1.165) is 65.0 Å². The predicted octanol–water partition coefficient (Wildman–Crippen LogP) is 5.59. The van der Waals surface area contributed by atoms with Crippen LogP contribution in [0.4, 0.5) is 0 Å². The predicted molar refractivity (Wildman–Crippen MR) is 175 cm³/mol. The number of aliphatic hydroxyl groups is 1. The van der Waals surface area contributed by atoms with Crippen molar-refractivity contribution < 1.29 is 33.6 Å². The fourth-order valence-electron chi connectivity index (χ4n) is 14.3. The first-order valence-corrected chi connectivity index (χ1v) is 19.5. The van der Waals surface area contributed by atoms with Gasteiger partial charge < -0.3 is 28.8 Å². The van der Waals surface area contributed by atoms with Crippen LogP contribution >= 0.6 is 0 Å². The standard InChI is InChI=1S/C39H61NO7/c1-23-17-26(21-45-34(42)24-7-6-8-24)46-32-31(23)36(4)13-14-39-22-38(39)12-11-29(47-30-18-40(15-16-44-30)25-19-43-20-25)35(2,3)27(38)9-10-28(39)37(36,5)33(32)41/h23-33,41H,6-22H2,1-5H3. The third-order valence-corrected chi connectivity index (χ3v) is 17.2. The molecule has 0 aromatic heterocycles. The summed E-state index contributed by atoms with van der Waals surface area (Å²) in [5.41, 5.74) is 0.642. The minimum atomic E-state index is -0.485. The maximum atomic E-state index is 12.5. The van der Waals surface area contributed by atoms with Crippen molar-refractivity contribution in [3.05, 3.63) is 0 Å². The number of carbonyl (C=O) groups excluding carboxylic acids is 1. The summed E-state index contributed by atoms with van der Waals surface area (Å²) in [6.45, 7) is 16.9. The Morgan fingerprint density at radius 1 is 0.979 bits per heavy atom. The van der Waals surface area contributed by atoms with Crippen molar-refractivity contribution in [1.82, 2.24) is 4.90 Å². The van der Waals surface area contributed by atoms with Gasteiger partial charge in [-0.2, -0.15) is 0 Å². The molecule has 9 aliphatic rings. The Bertz CT molecular complexity index is 1250. The van der Waals surface area contributed by atoms with E-state index in [1.165, 1.54) is 38.5 Å². The maximum Gasteiger partial charge on any atom is 0.309 e. The van der Waals surface area contributed by atoms with Gasteiger partial charge in [-0.3, -0.25) is 9.69 Å². The summed E-state index contributed by atoms with van der Waals surface area (Å²) < 4.78 is 31.2. The van der Waals surface area contributed by atoms with Gasteiger partial charge >= 0.3 is 5.97 Å². The number of rotatable bonds is 6. The van der Waals surface area contributed by atoms with E-state index in [2.05, 4.69) is 39.5 Å². The Kier molecular flexibility index (Phi) is 7.44. The van der Waals surface area contributed by atoms with Crippen LogP contribution in [0.2, 0.25) is 0 Å². The lowest BCUT2D eigenvalue weighted by atomic mass is 9.41. The van der Waals surface area contributed by atoms with Crippen LogP contribution in [0.3, 0.4) is 0 Å². The number of esters is 1. The van der Waals surface area contributed by atoms with Crippen molar-refractivity contribution in [2.75, 3.05) is 39.5 Å². The minimum Gasteiger partial charge on any atom is -0.463 e. The molecule has 3 aliphatic heterocycles. The SMILES string of the molecule is CC1CC(COC(=O)C2CCC2)OC2C1C1(C)CCC34CC35CCC(OC3CN(C6COC6)CCO3)C(C)(C)C5CCC4C1(C)C2O. The molecule has 0 amide bonds. The highest BCUT2D eigenvalue weighted by Crippen LogP contribution is 2.89. The molecule has 47 heavy (non-hydrogen) atoms. The van der Waals surface area contributed by atoms with Crippen LogP contribution in [-0.4, -0.2) is 92.2 Å². The second-order valence-electron chi connectivity index (χ2n) is 19.0. The van der Waals surface area contributed by atoms with E-state index >= 15 is 0 Å².